The number of amides is 1. The number of nitrogens with zero attached hydrogens (tertiary/aromatic N) is 1. The maximum absolute atomic E-state index is 10.8. The van der Waals surface area contributed by atoms with Crippen molar-refractivity contribution in [3.63, 3.8) is 0 Å². The predicted molar refractivity (Wildman–Crippen MR) is 63.3 cm³/mol. The molecule has 0 aliphatic rings. The number of benzene rings is 1. The van der Waals surface area contributed by atoms with E-state index in [2.05, 4.69) is 5.32 Å². The summed E-state index contributed by atoms with van der Waals surface area (Å²) in [5.41, 5.74) is 6.53. The monoisotopic (exact) mass is 237 g/mol. The number of carbonyl (C=O) groups excluding carboxylic acids is 1. The Kier molecular flexibility index (Phi) is 4.17. The van der Waals surface area contributed by atoms with Crippen LogP contribution >= 0.6 is 0 Å². The van der Waals surface area contributed by atoms with Gasteiger partial charge >= 0.3 is 0 Å². The highest BCUT2D eigenvalue weighted by molar-refractivity contribution is 5.79. The average molecular weight is 237 g/mol. The summed E-state index contributed by atoms with van der Waals surface area (Å²) in [4.78, 5) is 21.1. The van der Waals surface area contributed by atoms with Gasteiger partial charge in [-0.15, -0.1) is 0 Å². The van der Waals surface area contributed by atoms with Crippen molar-refractivity contribution in [2.24, 2.45) is 5.73 Å². The quantitative estimate of drug-likeness (QED) is 0.586. The molecule has 6 heteroatoms. The van der Waals surface area contributed by atoms with Crippen LogP contribution in [-0.4, -0.2) is 16.9 Å². The summed E-state index contributed by atoms with van der Waals surface area (Å²) in [5.74, 6) is -0.452. The first-order chi connectivity index (χ1) is 7.91. The number of primary amides is 1. The van der Waals surface area contributed by atoms with Crippen LogP contribution in [0.5, 0.6) is 0 Å². The van der Waals surface area contributed by atoms with E-state index in [1.807, 2.05) is 0 Å². The number of aryl methyl sites for hydroxylation is 1. The minimum Gasteiger partial charge on any atom is -0.368 e. The van der Waals surface area contributed by atoms with Crippen molar-refractivity contribution in [1.82, 2.24) is 5.32 Å². The third-order valence-electron chi connectivity index (χ3n) is 2.51. The number of hydrogen-bond acceptors (Lipinski definition) is 4. The van der Waals surface area contributed by atoms with Crippen LogP contribution in [0.3, 0.4) is 0 Å². The molecule has 0 fully saturated rings. The molecule has 0 spiro atoms. The van der Waals surface area contributed by atoms with Crippen LogP contribution in [0.15, 0.2) is 18.2 Å². The normalized spacial score (nSPS) is 12.1. The number of nitro benzene ring substituents is 1. The molecule has 92 valence electrons. The minimum atomic E-state index is -0.463. The zero-order valence-electron chi connectivity index (χ0n) is 9.77. The zero-order valence-corrected chi connectivity index (χ0v) is 9.77. The molecule has 0 radical (unpaired) electrons. The molecule has 0 heterocycles. The number of nitrogens with one attached hydrogen (secondary N) is 1. The molecular formula is C11H15N3O3. The molecule has 1 unspecified atom stereocenters. The molecule has 17 heavy (non-hydrogen) atoms. The zero-order chi connectivity index (χ0) is 13.0. The molecule has 1 atom stereocenters. The first-order valence-corrected chi connectivity index (χ1v) is 5.18. The summed E-state index contributed by atoms with van der Waals surface area (Å²) >= 11 is 0. The highest BCUT2D eigenvalue weighted by atomic mass is 16.6. The van der Waals surface area contributed by atoms with Gasteiger partial charge in [0, 0.05) is 18.2 Å². The molecule has 3 N–H and O–H groups in total. The molecule has 1 aromatic carbocycles. The van der Waals surface area contributed by atoms with E-state index in [1.54, 1.807) is 26.0 Å². The lowest BCUT2D eigenvalue weighted by Gasteiger charge is -2.10. The number of nitro groups is 1. The van der Waals surface area contributed by atoms with E-state index in [4.69, 9.17) is 5.73 Å². The van der Waals surface area contributed by atoms with Gasteiger partial charge in [0.05, 0.1) is 11.0 Å². The Hall–Kier alpha value is -1.95. The fourth-order valence-electron chi connectivity index (χ4n) is 1.33. The average Bonchev–Trinajstić information content (AvgIpc) is 2.26. The fourth-order valence-corrected chi connectivity index (χ4v) is 1.33. The molecule has 0 bridgehead atoms. The Bertz CT molecular complexity index is 446. The summed E-state index contributed by atoms with van der Waals surface area (Å²) in [7, 11) is 0. The van der Waals surface area contributed by atoms with Gasteiger partial charge < -0.3 is 11.1 Å². The molecule has 1 aromatic rings. The van der Waals surface area contributed by atoms with E-state index in [0.29, 0.717) is 12.1 Å². The van der Waals surface area contributed by atoms with Crippen LogP contribution in [0.2, 0.25) is 0 Å². The maximum Gasteiger partial charge on any atom is 0.272 e. The van der Waals surface area contributed by atoms with Crippen LogP contribution < -0.4 is 11.1 Å². The lowest BCUT2D eigenvalue weighted by Crippen LogP contribution is -2.38. The third kappa shape index (κ3) is 3.53. The van der Waals surface area contributed by atoms with Gasteiger partial charge in [0.1, 0.15) is 0 Å². The van der Waals surface area contributed by atoms with Crippen molar-refractivity contribution in [3.05, 3.63) is 39.4 Å². The van der Waals surface area contributed by atoms with Crippen molar-refractivity contribution in [1.29, 1.82) is 0 Å². The topological polar surface area (TPSA) is 98.3 Å². The molecule has 0 aromatic heterocycles. The van der Waals surface area contributed by atoms with Gasteiger partial charge in [0.15, 0.2) is 0 Å². The van der Waals surface area contributed by atoms with E-state index in [-0.39, 0.29) is 5.69 Å². The highest BCUT2D eigenvalue weighted by Gasteiger charge is 2.12. The smallest absolute Gasteiger partial charge is 0.272 e. The lowest BCUT2D eigenvalue weighted by atomic mass is 10.1. The minimum absolute atomic E-state index is 0.0797. The summed E-state index contributed by atoms with van der Waals surface area (Å²) in [5, 5.41) is 13.6. The van der Waals surface area contributed by atoms with E-state index in [1.165, 1.54) is 6.07 Å². The van der Waals surface area contributed by atoms with E-state index >= 15 is 0 Å². The van der Waals surface area contributed by atoms with Crippen LogP contribution in [0.25, 0.3) is 0 Å². The Labute approximate surface area is 99.0 Å². The molecule has 6 nitrogen and oxygen atoms in total. The van der Waals surface area contributed by atoms with E-state index in [0.717, 1.165) is 5.56 Å². The molecule has 1 rings (SSSR count). The number of rotatable bonds is 5. The largest absolute Gasteiger partial charge is 0.368 e. The Balaban J connectivity index is 2.76. The number of nitrogens with two attached hydrogens (primary N) is 1. The van der Waals surface area contributed by atoms with Crippen molar-refractivity contribution in [2.45, 2.75) is 26.4 Å². The van der Waals surface area contributed by atoms with Gasteiger partial charge in [0.25, 0.3) is 5.69 Å². The van der Waals surface area contributed by atoms with Crippen LogP contribution in [-0.2, 0) is 11.3 Å². The molecule has 0 aliphatic carbocycles. The van der Waals surface area contributed by atoms with Gasteiger partial charge in [-0.1, -0.05) is 12.1 Å². The number of hydrogen-bond donors (Lipinski definition) is 2. The SMILES string of the molecule is Cc1ccc(CNC(C)C(N)=O)cc1[N+](=O)[O-]. The van der Waals surface area contributed by atoms with Gasteiger partial charge in [-0.05, 0) is 19.4 Å². The van der Waals surface area contributed by atoms with Crippen molar-refractivity contribution >= 4 is 11.6 Å². The second-order valence-corrected chi connectivity index (χ2v) is 3.88. The first kappa shape index (κ1) is 13.1. The van der Waals surface area contributed by atoms with Gasteiger partial charge in [-0.25, -0.2) is 0 Å². The molecular weight excluding hydrogens is 222 g/mol. The van der Waals surface area contributed by atoms with Gasteiger partial charge in [0.2, 0.25) is 5.91 Å². The first-order valence-electron chi connectivity index (χ1n) is 5.18. The lowest BCUT2D eigenvalue weighted by molar-refractivity contribution is -0.385. The van der Waals surface area contributed by atoms with Crippen molar-refractivity contribution < 1.29 is 9.72 Å². The third-order valence-corrected chi connectivity index (χ3v) is 2.51. The predicted octanol–water partition coefficient (Wildman–Crippen LogP) is 0.867. The Morgan fingerprint density at radius 1 is 1.59 bits per heavy atom. The van der Waals surface area contributed by atoms with Gasteiger partial charge in [-0.2, -0.15) is 0 Å². The van der Waals surface area contributed by atoms with Crippen molar-refractivity contribution in [2.75, 3.05) is 0 Å². The van der Waals surface area contributed by atoms with E-state index in [9.17, 15) is 14.9 Å². The summed E-state index contributed by atoms with van der Waals surface area (Å²) in [6.07, 6.45) is 0. The standard InChI is InChI=1S/C11H15N3O3/c1-7-3-4-9(5-10(7)14(16)17)6-13-8(2)11(12)15/h3-5,8,13H,6H2,1-2H3,(H2,12,15). The summed E-state index contributed by atoms with van der Waals surface area (Å²) < 4.78 is 0. The fraction of sp³-hybridized carbons (Fsp3) is 0.364. The molecule has 0 aliphatic heterocycles. The molecule has 1 amide bonds. The summed E-state index contributed by atoms with van der Waals surface area (Å²) in [6, 6.07) is 4.50. The second-order valence-electron chi connectivity index (χ2n) is 3.88. The maximum atomic E-state index is 10.8. The Morgan fingerprint density at radius 2 is 2.24 bits per heavy atom. The highest BCUT2D eigenvalue weighted by Crippen LogP contribution is 2.19. The van der Waals surface area contributed by atoms with Crippen LogP contribution in [0.1, 0.15) is 18.1 Å². The Morgan fingerprint density at radius 3 is 2.76 bits per heavy atom. The molecule has 0 saturated heterocycles. The second kappa shape index (κ2) is 5.40. The van der Waals surface area contributed by atoms with Crippen molar-refractivity contribution in [3.8, 4) is 0 Å². The van der Waals surface area contributed by atoms with Crippen LogP contribution in [0.4, 0.5) is 5.69 Å². The van der Waals surface area contributed by atoms with E-state index < -0.39 is 16.9 Å². The summed E-state index contributed by atoms with van der Waals surface area (Å²) in [6.45, 7) is 3.69. The van der Waals surface area contributed by atoms with Crippen LogP contribution in [0, 0.1) is 17.0 Å². The van der Waals surface area contributed by atoms with Gasteiger partial charge in [-0.3, -0.25) is 14.9 Å². The molecule has 0 saturated carbocycles. The number of carbonyl (C=O) groups is 1.